The first-order valence-electron chi connectivity index (χ1n) is 6.59. The summed E-state index contributed by atoms with van der Waals surface area (Å²) in [4.78, 5) is 0. The summed E-state index contributed by atoms with van der Waals surface area (Å²) in [6.45, 7) is 0. The average Bonchev–Trinajstić information content (AvgIpc) is 2.40. The standard InChI is InChI=1S/C15H21I3/c16-7-1-4-13-10-14(5-2-8-17)12-15(11-13)6-3-9-18/h10-12H,1-9H2. The molecule has 3 heteroatoms. The zero-order valence-electron chi connectivity index (χ0n) is 10.7. The van der Waals surface area contributed by atoms with Gasteiger partial charge < -0.3 is 0 Å². The van der Waals surface area contributed by atoms with E-state index in [1.165, 1.54) is 51.8 Å². The highest BCUT2D eigenvalue weighted by molar-refractivity contribution is 14.1. The van der Waals surface area contributed by atoms with Gasteiger partial charge in [0.05, 0.1) is 0 Å². The molecule has 0 amide bonds. The van der Waals surface area contributed by atoms with Gasteiger partial charge >= 0.3 is 0 Å². The van der Waals surface area contributed by atoms with E-state index in [-0.39, 0.29) is 0 Å². The van der Waals surface area contributed by atoms with Crippen molar-refractivity contribution >= 4 is 67.8 Å². The second kappa shape index (κ2) is 11.1. The molecule has 0 nitrogen and oxygen atoms in total. The Hall–Kier alpha value is 1.41. The van der Waals surface area contributed by atoms with E-state index in [4.69, 9.17) is 0 Å². The molecule has 102 valence electrons. The molecule has 1 rings (SSSR count). The number of hydrogen-bond donors (Lipinski definition) is 0. The zero-order chi connectivity index (χ0) is 13.2. The van der Waals surface area contributed by atoms with Crippen LogP contribution in [0.15, 0.2) is 18.2 Å². The molecule has 0 saturated carbocycles. The van der Waals surface area contributed by atoms with Crippen LogP contribution in [0.2, 0.25) is 0 Å². The summed E-state index contributed by atoms with van der Waals surface area (Å²) in [6.07, 6.45) is 7.67. The van der Waals surface area contributed by atoms with Crippen molar-refractivity contribution in [2.45, 2.75) is 38.5 Å². The van der Waals surface area contributed by atoms with Gasteiger partial charge in [0.2, 0.25) is 0 Å². The SMILES string of the molecule is ICCCc1cc(CCCI)cc(CCCI)c1. The maximum atomic E-state index is 2.47. The van der Waals surface area contributed by atoms with Gasteiger partial charge in [0.25, 0.3) is 0 Å². The Kier molecular flexibility index (Phi) is 10.8. The lowest BCUT2D eigenvalue weighted by Crippen LogP contribution is -1.96. The number of benzene rings is 1. The van der Waals surface area contributed by atoms with E-state index in [1.54, 1.807) is 16.7 Å². The Morgan fingerprint density at radius 3 is 1.06 bits per heavy atom. The average molecular weight is 582 g/mol. The van der Waals surface area contributed by atoms with Gasteiger partial charge in [0, 0.05) is 0 Å². The molecule has 0 radical (unpaired) electrons. The van der Waals surface area contributed by atoms with Crippen LogP contribution in [0.3, 0.4) is 0 Å². The van der Waals surface area contributed by atoms with Crippen molar-refractivity contribution in [3.8, 4) is 0 Å². The summed E-state index contributed by atoms with van der Waals surface area (Å²) in [7, 11) is 0. The van der Waals surface area contributed by atoms with Crippen molar-refractivity contribution in [1.82, 2.24) is 0 Å². The smallest absolute Gasteiger partial charge is 0.000156 e. The molecule has 0 unspecified atom stereocenters. The molecule has 0 aliphatic heterocycles. The summed E-state index contributed by atoms with van der Waals surface area (Å²) in [6, 6.07) is 7.31. The van der Waals surface area contributed by atoms with Crippen LogP contribution in [0.4, 0.5) is 0 Å². The van der Waals surface area contributed by atoms with Crippen LogP contribution in [-0.2, 0) is 19.3 Å². The van der Waals surface area contributed by atoms with Gasteiger partial charge in [0.15, 0.2) is 0 Å². The second-order valence-corrected chi connectivity index (χ2v) is 7.77. The zero-order valence-corrected chi connectivity index (χ0v) is 17.2. The van der Waals surface area contributed by atoms with E-state index in [1.807, 2.05) is 0 Å². The van der Waals surface area contributed by atoms with Crippen LogP contribution in [0.1, 0.15) is 36.0 Å². The predicted octanol–water partition coefficient (Wildman–Crippen LogP) is 5.79. The molecule has 0 fully saturated rings. The van der Waals surface area contributed by atoms with Gasteiger partial charge in [-0.15, -0.1) is 0 Å². The quantitative estimate of drug-likeness (QED) is 0.256. The monoisotopic (exact) mass is 582 g/mol. The number of rotatable bonds is 9. The number of hydrogen-bond acceptors (Lipinski definition) is 0. The molecule has 1 aromatic rings. The van der Waals surface area contributed by atoms with E-state index in [9.17, 15) is 0 Å². The van der Waals surface area contributed by atoms with Crippen LogP contribution in [0.25, 0.3) is 0 Å². The largest absolute Gasteiger partial charge is 0.0864 e. The normalized spacial score (nSPS) is 10.8. The molecule has 0 N–H and O–H groups in total. The van der Waals surface area contributed by atoms with Gasteiger partial charge in [0.1, 0.15) is 0 Å². The molecule has 0 bridgehead atoms. The van der Waals surface area contributed by atoms with Crippen molar-refractivity contribution < 1.29 is 0 Å². The third kappa shape index (κ3) is 7.26. The topological polar surface area (TPSA) is 0 Å². The third-order valence-electron chi connectivity index (χ3n) is 2.91. The molecule has 0 aliphatic rings. The summed E-state index contributed by atoms with van der Waals surface area (Å²) >= 11 is 7.42. The van der Waals surface area contributed by atoms with Crippen LogP contribution >= 0.6 is 67.8 Å². The van der Waals surface area contributed by atoms with Crippen molar-refractivity contribution in [1.29, 1.82) is 0 Å². The molecule has 1 aromatic carbocycles. The highest BCUT2D eigenvalue weighted by Gasteiger charge is 2.02. The molecule has 0 saturated heterocycles. The summed E-state index contributed by atoms with van der Waals surface area (Å²) < 4.78 is 3.79. The number of halogens is 3. The fourth-order valence-corrected chi connectivity index (χ4v) is 3.23. The first-order chi connectivity index (χ1) is 8.80. The fraction of sp³-hybridized carbons (Fsp3) is 0.600. The predicted molar refractivity (Wildman–Crippen MR) is 108 cm³/mol. The van der Waals surface area contributed by atoms with Gasteiger partial charge in [-0.3, -0.25) is 0 Å². The first-order valence-corrected chi connectivity index (χ1v) is 11.2. The lowest BCUT2D eigenvalue weighted by molar-refractivity contribution is 0.890. The maximum Gasteiger partial charge on any atom is -0.000156 e. The number of aryl methyl sites for hydroxylation is 3. The lowest BCUT2D eigenvalue weighted by atomic mass is 9.98. The Morgan fingerprint density at radius 2 is 0.833 bits per heavy atom. The minimum absolute atomic E-state index is 1.25. The van der Waals surface area contributed by atoms with Gasteiger partial charge in [-0.1, -0.05) is 86.0 Å². The van der Waals surface area contributed by atoms with Crippen molar-refractivity contribution in [3.05, 3.63) is 34.9 Å². The molecule has 0 aromatic heterocycles. The Morgan fingerprint density at radius 1 is 0.556 bits per heavy atom. The van der Waals surface area contributed by atoms with E-state index < -0.39 is 0 Å². The van der Waals surface area contributed by atoms with E-state index >= 15 is 0 Å². The Bertz CT molecular complexity index is 272. The maximum absolute atomic E-state index is 2.47. The van der Waals surface area contributed by atoms with Crippen LogP contribution in [-0.4, -0.2) is 13.3 Å². The summed E-state index contributed by atoms with van der Waals surface area (Å²) in [5.41, 5.74) is 4.67. The number of alkyl halides is 3. The minimum atomic E-state index is 1.25. The minimum Gasteiger partial charge on any atom is -0.0864 e. The van der Waals surface area contributed by atoms with Crippen molar-refractivity contribution in [3.63, 3.8) is 0 Å². The second-order valence-electron chi connectivity index (χ2n) is 4.54. The highest BCUT2D eigenvalue weighted by atomic mass is 127. The van der Waals surface area contributed by atoms with E-state index in [0.29, 0.717) is 0 Å². The fourth-order valence-electron chi connectivity index (χ4n) is 2.09. The Labute approximate surface area is 153 Å². The van der Waals surface area contributed by atoms with E-state index in [0.717, 1.165) is 0 Å². The van der Waals surface area contributed by atoms with Crippen molar-refractivity contribution in [2.24, 2.45) is 0 Å². The van der Waals surface area contributed by atoms with Gasteiger partial charge in [-0.25, -0.2) is 0 Å². The van der Waals surface area contributed by atoms with Crippen LogP contribution < -0.4 is 0 Å². The summed E-state index contributed by atoms with van der Waals surface area (Å²) in [5.74, 6) is 0. The van der Waals surface area contributed by atoms with Gasteiger partial charge in [-0.05, 0) is 68.5 Å². The summed E-state index contributed by atoms with van der Waals surface area (Å²) in [5, 5.41) is 0. The van der Waals surface area contributed by atoms with Crippen LogP contribution in [0, 0.1) is 0 Å². The third-order valence-corrected chi connectivity index (χ3v) is 5.20. The molecular formula is C15H21I3. The molecular weight excluding hydrogens is 561 g/mol. The molecule has 0 atom stereocenters. The molecule has 0 heterocycles. The van der Waals surface area contributed by atoms with Crippen LogP contribution in [0.5, 0.6) is 0 Å². The van der Waals surface area contributed by atoms with Gasteiger partial charge in [-0.2, -0.15) is 0 Å². The first kappa shape index (κ1) is 17.5. The highest BCUT2D eigenvalue weighted by Crippen LogP contribution is 2.16. The Balaban J connectivity index is 2.74. The molecule has 18 heavy (non-hydrogen) atoms. The molecule has 0 spiro atoms. The van der Waals surface area contributed by atoms with Crippen molar-refractivity contribution in [2.75, 3.05) is 13.3 Å². The lowest BCUT2D eigenvalue weighted by Gasteiger charge is -2.09. The van der Waals surface area contributed by atoms with E-state index in [2.05, 4.69) is 86.0 Å². The molecule has 0 aliphatic carbocycles.